The smallest absolute Gasteiger partial charge is 0.341 e. The van der Waals surface area contributed by atoms with E-state index >= 15 is 0 Å². The molecule has 0 heterocycles. The first-order valence-corrected chi connectivity index (χ1v) is 3.40. The molecule has 0 aliphatic carbocycles. The van der Waals surface area contributed by atoms with Crippen LogP contribution in [0.25, 0.3) is 0 Å². The zero-order valence-corrected chi connectivity index (χ0v) is 6.46. The Labute approximate surface area is 72.6 Å². The minimum atomic E-state index is -1.25. The Morgan fingerprint density at radius 1 is 1.46 bits per heavy atom. The SMILES string of the molecule is O=C(O)COc1cccc(F)c1F. The lowest BCUT2D eigenvalue weighted by atomic mass is 10.3. The van der Waals surface area contributed by atoms with Crippen LogP contribution in [0.4, 0.5) is 8.78 Å². The van der Waals surface area contributed by atoms with Crippen molar-refractivity contribution in [3.8, 4) is 5.75 Å². The highest BCUT2D eigenvalue weighted by atomic mass is 19.2. The van der Waals surface area contributed by atoms with Gasteiger partial charge in [-0.1, -0.05) is 6.07 Å². The number of hydrogen-bond acceptors (Lipinski definition) is 2. The van der Waals surface area contributed by atoms with Crippen LogP contribution in [0.2, 0.25) is 0 Å². The van der Waals surface area contributed by atoms with Gasteiger partial charge < -0.3 is 9.84 Å². The van der Waals surface area contributed by atoms with Crippen molar-refractivity contribution in [2.45, 2.75) is 0 Å². The van der Waals surface area contributed by atoms with E-state index in [4.69, 9.17) is 5.11 Å². The molecule has 70 valence electrons. The van der Waals surface area contributed by atoms with Crippen molar-refractivity contribution in [2.24, 2.45) is 0 Å². The van der Waals surface area contributed by atoms with Gasteiger partial charge in [-0.05, 0) is 12.1 Å². The average molecular weight is 188 g/mol. The van der Waals surface area contributed by atoms with Crippen LogP contribution >= 0.6 is 0 Å². The van der Waals surface area contributed by atoms with E-state index in [9.17, 15) is 13.6 Å². The molecule has 1 aromatic rings. The number of carboxylic acids is 1. The Bertz CT molecular complexity index is 325. The summed E-state index contributed by atoms with van der Waals surface area (Å²) in [7, 11) is 0. The van der Waals surface area contributed by atoms with Crippen molar-refractivity contribution in [2.75, 3.05) is 6.61 Å². The van der Waals surface area contributed by atoms with Crippen molar-refractivity contribution in [1.29, 1.82) is 0 Å². The Kier molecular flexibility index (Phi) is 2.79. The third-order valence-electron chi connectivity index (χ3n) is 1.27. The topological polar surface area (TPSA) is 46.5 Å². The van der Waals surface area contributed by atoms with Crippen molar-refractivity contribution in [3.63, 3.8) is 0 Å². The lowest BCUT2D eigenvalue weighted by Gasteiger charge is -2.03. The first kappa shape index (κ1) is 9.44. The summed E-state index contributed by atoms with van der Waals surface area (Å²) in [5.41, 5.74) is 0. The van der Waals surface area contributed by atoms with Crippen molar-refractivity contribution in [3.05, 3.63) is 29.8 Å². The molecular weight excluding hydrogens is 182 g/mol. The van der Waals surface area contributed by atoms with Gasteiger partial charge >= 0.3 is 5.97 Å². The number of hydrogen-bond donors (Lipinski definition) is 1. The van der Waals surface area contributed by atoms with Gasteiger partial charge in [0.25, 0.3) is 0 Å². The minimum Gasteiger partial charge on any atom is -0.479 e. The Hall–Kier alpha value is -1.65. The number of carboxylic acid groups (broad SMARTS) is 1. The molecule has 1 aromatic carbocycles. The lowest BCUT2D eigenvalue weighted by Crippen LogP contribution is -2.10. The van der Waals surface area contributed by atoms with Crippen molar-refractivity contribution < 1.29 is 23.4 Å². The second-order valence-electron chi connectivity index (χ2n) is 2.23. The van der Waals surface area contributed by atoms with E-state index in [0.29, 0.717) is 0 Å². The third-order valence-corrected chi connectivity index (χ3v) is 1.27. The van der Waals surface area contributed by atoms with Gasteiger partial charge in [0, 0.05) is 0 Å². The summed E-state index contributed by atoms with van der Waals surface area (Å²) in [4.78, 5) is 10.0. The maximum absolute atomic E-state index is 12.8. The van der Waals surface area contributed by atoms with Crippen LogP contribution in [0.15, 0.2) is 18.2 Å². The van der Waals surface area contributed by atoms with E-state index in [1.54, 1.807) is 0 Å². The molecule has 0 bridgehead atoms. The van der Waals surface area contributed by atoms with E-state index in [2.05, 4.69) is 4.74 Å². The van der Waals surface area contributed by atoms with Crippen LogP contribution < -0.4 is 4.74 Å². The number of ether oxygens (including phenoxy) is 1. The molecule has 0 aromatic heterocycles. The third kappa shape index (κ3) is 2.40. The van der Waals surface area contributed by atoms with Gasteiger partial charge in [-0.25, -0.2) is 9.18 Å². The molecule has 1 N–H and O–H groups in total. The lowest BCUT2D eigenvalue weighted by molar-refractivity contribution is -0.139. The first-order valence-electron chi connectivity index (χ1n) is 3.40. The highest BCUT2D eigenvalue weighted by molar-refractivity contribution is 5.68. The average Bonchev–Trinajstić information content (AvgIpc) is 2.07. The summed E-state index contributed by atoms with van der Waals surface area (Å²) in [5, 5.41) is 8.19. The summed E-state index contributed by atoms with van der Waals surface area (Å²) in [6.07, 6.45) is 0. The maximum atomic E-state index is 12.8. The van der Waals surface area contributed by atoms with Gasteiger partial charge in [0.05, 0.1) is 0 Å². The Morgan fingerprint density at radius 3 is 2.77 bits per heavy atom. The van der Waals surface area contributed by atoms with Crippen LogP contribution in [0, 0.1) is 11.6 Å². The molecule has 0 fully saturated rings. The van der Waals surface area contributed by atoms with E-state index < -0.39 is 30.0 Å². The molecule has 5 heteroatoms. The predicted molar refractivity (Wildman–Crippen MR) is 39.5 cm³/mol. The zero-order valence-electron chi connectivity index (χ0n) is 6.46. The van der Waals surface area contributed by atoms with E-state index in [1.165, 1.54) is 6.07 Å². The van der Waals surface area contributed by atoms with Crippen LogP contribution in [0.5, 0.6) is 5.75 Å². The minimum absolute atomic E-state index is 0.401. The predicted octanol–water partition coefficient (Wildman–Crippen LogP) is 1.43. The molecule has 0 radical (unpaired) electrons. The van der Waals surface area contributed by atoms with Crippen LogP contribution in [-0.4, -0.2) is 17.7 Å². The van der Waals surface area contributed by atoms with Crippen LogP contribution in [0.3, 0.4) is 0 Å². The second kappa shape index (κ2) is 3.84. The first-order chi connectivity index (χ1) is 6.11. The summed E-state index contributed by atoms with van der Waals surface area (Å²) < 4.78 is 29.7. The molecule has 0 unspecified atom stereocenters. The molecule has 1 rings (SSSR count). The molecule has 0 amide bonds. The van der Waals surface area contributed by atoms with E-state index in [-0.39, 0.29) is 0 Å². The van der Waals surface area contributed by atoms with Crippen LogP contribution in [0.1, 0.15) is 0 Å². The molecule has 13 heavy (non-hydrogen) atoms. The van der Waals surface area contributed by atoms with Gasteiger partial charge in [0.2, 0.25) is 5.82 Å². The molecule has 0 atom stereocenters. The summed E-state index contributed by atoms with van der Waals surface area (Å²) in [6, 6.07) is 3.31. The fourth-order valence-electron chi connectivity index (χ4n) is 0.735. The van der Waals surface area contributed by atoms with Gasteiger partial charge in [0.1, 0.15) is 0 Å². The highest BCUT2D eigenvalue weighted by Crippen LogP contribution is 2.18. The molecular formula is C8H6F2O3. The normalized spacial score (nSPS) is 9.69. The van der Waals surface area contributed by atoms with E-state index in [0.717, 1.165) is 12.1 Å². The van der Waals surface area contributed by atoms with Gasteiger partial charge in [-0.2, -0.15) is 4.39 Å². The van der Waals surface area contributed by atoms with Crippen LogP contribution in [-0.2, 0) is 4.79 Å². The quantitative estimate of drug-likeness (QED) is 0.780. The zero-order chi connectivity index (χ0) is 9.84. The van der Waals surface area contributed by atoms with E-state index in [1.807, 2.05) is 0 Å². The molecule has 0 aliphatic heterocycles. The second-order valence-corrected chi connectivity index (χ2v) is 2.23. The van der Waals surface area contributed by atoms with Gasteiger partial charge in [-0.3, -0.25) is 0 Å². The monoisotopic (exact) mass is 188 g/mol. The Balaban J connectivity index is 2.77. The van der Waals surface area contributed by atoms with Crippen molar-refractivity contribution in [1.82, 2.24) is 0 Å². The number of rotatable bonds is 3. The fourth-order valence-corrected chi connectivity index (χ4v) is 0.735. The fraction of sp³-hybridized carbons (Fsp3) is 0.125. The number of benzene rings is 1. The molecule has 0 aliphatic rings. The molecule has 0 saturated heterocycles. The summed E-state index contributed by atoms with van der Waals surface area (Å²) >= 11 is 0. The number of aliphatic carboxylic acids is 1. The van der Waals surface area contributed by atoms with Gasteiger partial charge in [-0.15, -0.1) is 0 Å². The summed E-state index contributed by atoms with van der Waals surface area (Å²) in [6.45, 7) is -0.694. The molecule has 0 saturated carbocycles. The standard InChI is InChI=1S/C8H6F2O3/c9-5-2-1-3-6(8(5)10)13-4-7(11)12/h1-3H,4H2,(H,11,12). The largest absolute Gasteiger partial charge is 0.479 e. The molecule has 3 nitrogen and oxygen atoms in total. The maximum Gasteiger partial charge on any atom is 0.341 e. The van der Waals surface area contributed by atoms with Gasteiger partial charge in [0.15, 0.2) is 18.2 Å². The summed E-state index contributed by atoms with van der Waals surface area (Å²) in [5.74, 6) is -3.89. The number of halogens is 2. The van der Waals surface area contributed by atoms with Crippen molar-refractivity contribution >= 4 is 5.97 Å². The Morgan fingerprint density at radius 2 is 2.15 bits per heavy atom. The molecule has 0 spiro atoms. The number of carbonyl (C=O) groups is 1. The highest BCUT2D eigenvalue weighted by Gasteiger charge is 2.09.